The summed E-state index contributed by atoms with van der Waals surface area (Å²) in [6, 6.07) is 19.8. The van der Waals surface area contributed by atoms with Crippen LogP contribution in [0.5, 0.6) is 11.5 Å². The van der Waals surface area contributed by atoms with E-state index in [1.807, 2.05) is 72.5 Å². The molecule has 3 heterocycles. The Bertz CT molecular complexity index is 1370. The fraction of sp³-hybridized carbons (Fsp3) is 0.276. The van der Waals surface area contributed by atoms with Crippen LogP contribution < -0.4 is 14.4 Å². The third-order valence-electron chi connectivity index (χ3n) is 6.25. The van der Waals surface area contributed by atoms with Gasteiger partial charge < -0.3 is 14.4 Å². The molecular weight excluding hydrogens is 470 g/mol. The minimum absolute atomic E-state index is 0.0244. The van der Waals surface area contributed by atoms with Crippen molar-refractivity contribution in [2.75, 3.05) is 18.1 Å². The maximum atomic E-state index is 13.1. The number of para-hydroxylation sites is 1. The van der Waals surface area contributed by atoms with E-state index in [1.54, 1.807) is 24.5 Å². The highest BCUT2D eigenvalue weighted by atomic mass is 32.1. The predicted octanol–water partition coefficient (Wildman–Crippen LogP) is 6.46. The Morgan fingerprint density at radius 2 is 1.89 bits per heavy atom. The van der Waals surface area contributed by atoms with E-state index < -0.39 is 6.10 Å². The lowest BCUT2D eigenvalue weighted by molar-refractivity contribution is -0.125. The number of amides is 1. The number of fused-ring (bicyclic) bond motifs is 1. The minimum Gasteiger partial charge on any atom is -0.493 e. The highest BCUT2D eigenvalue weighted by Crippen LogP contribution is 2.40. The normalized spacial score (nSPS) is 14.9. The first kappa shape index (κ1) is 24.0. The summed E-state index contributed by atoms with van der Waals surface area (Å²) in [4.78, 5) is 25.3. The molecule has 0 saturated carbocycles. The summed E-state index contributed by atoms with van der Waals surface area (Å²) < 4.78 is 11.9. The number of thiazole rings is 1. The topological polar surface area (TPSA) is 64.5 Å². The lowest BCUT2D eigenvalue weighted by Gasteiger charge is -2.33. The second kappa shape index (κ2) is 10.5. The number of unbranched alkanes of at least 4 members (excludes halogenated alkanes) is 1. The van der Waals surface area contributed by atoms with Crippen LogP contribution in [0.4, 0.5) is 5.69 Å². The number of ether oxygens (including phenoxy) is 2. The van der Waals surface area contributed by atoms with E-state index in [1.165, 1.54) is 0 Å². The molecule has 184 valence electrons. The van der Waals surface area contributed by atoms with E-state index in [0.29, 0.717) is 13.2 Å². The quantitative estimate of drug-likeness (QED) is 0.260. The number of hydrogen-bond acceptors (Lipinski definition) is 6. The molecule has 0 saturated heterocycles. The number of aromatic nitrogens is 2. The average Bonchev–Trinajstić information content (AvgIpc) is 3.29. The second-order valence-electron chi connectivity index (χ2n) is 8.89. The number of carbonyl (C=O) groups is 1. The summed E-state index contributed by atoms with van der Waals surface area (Å²) >= 11 is 1.62. The summed E-state index contributed by atoms with van der Waals surface area (Å²) in [6.45, 7) is 7.13. The van der Waals surface area contributed by atoms with Crippen molar-refractivity contribution in [1.82, 2.24) is 9.97 Å². The Labute approximate surface area is 215 Å². The Morgan fingerprint density at radius 1 is 1.06 bits per heavy atom. The van der Waals surface area contributed by atoms with Crippen molar-refractivity contribution < 1.29 is 14.3 Å². The molecule has 0 aliphatic carbocycles. The van der Waals surface area contributed by atoms with Crippen LogP contribution in [0.15, 0.2) is 66.9 Å². The molecule has 2 aromatic carbocycles. The summed E-state index contributed by atoms with van der Waals surface area (Å²) in [5, 5.41) is 0.882. The molecular formula is C29H29N3O3S. The highest BCUT2D eigenvalue weighted by molar-refractivity contribution is 7.15. The van der Waals surface area contributed by atoms with Gasteiger partial charge >= 0.3 is 0 Å². The monoisotopic (exact) mass is 499 g/mol. The molecule has 7 heteroatoms. The molecule has 6 nitrogen and oxygen atoms in total. The van der Waals surface area contributed by atoms with Gasteiger partial charge in [0, 0.05) is 23.2 Å². The third-order valence-corrected chi connectivity index (χ3v) is 7.24. The number of anilines is 1. The molecule has 0 bridgehead atoms. The van der Waals surface area contributed by atoms with Crippen molar-refractivity contribution in [3.05, 3.63) is 77.3 Å². The Balaban J connectivity index is 1.32. The second-order valence-corrected chi connectivity index (χ2v) is 10.1. The molecule has 36 heavy (non-hydrogen) atoms. The maximum Gasteiger partial charge on any atom is 0.267 e. The molecule has 0 fully saturated rings. The molecule has 2 aromatic heterocycles. The first-order valence-corrected chi connectivity index (χ1v) is 13.0. The summed E-state index contributed by atoms with van der Waals surface area (Å²) in [7, 11) is 0. The van der Waals surface area contributed by atoms with E-state index in [4.69, 9.17) is 14.5 Å². The van der Waals surface area contributed by atoms with Crippen molar-refractivity contribution in [3.8, 4) is 33.5 Å². The van der Waals surface area contributed by atoms with Crippen molar-refractivity contribution in [3.63, 3.8) is 0 Å². The lowest BCUT2D eigenvalue weighted by Crippen LogP contribution is -2.45. The van der Waals surface area contributed by atoms with E-state index in [0.717, 1.165) is 62.4 Å². The summed E-state index contributed by atoms with van der Waals surface area (Å²) in [6.07, 6.45) is 2.94. The van der Waals surface area contributed by atoms with Crippen LogP contribution in [0.25, 0.3) is 22.0 Å². The zero-order valence-corrected chi connectivity index (χ0v) is 21.5. The molecule has 5 rings (SSSR count). The lowest BCUT2D eigenvalue weighted by atomic mass is 10.1. The van der Waals surface area contributed by atoms with Crippen LogP contribution in [-0.4, -0.2) is 35.1 Å². The van der Waals surface area contributed by atoms with Crippen LogP contribution in [0.2, 0.25) is 0 Å². The van der Waals surface area contributed by atoms with E-state index >= 15 is 0 Å². The molecule has 1 amide bonds. The van der Waals surface area contributed by atoms with Gasteiger partial charge in [-0.15, -0.1) is 11.3 Å². The van der Waals surface area contributed by atoms with Crippen LogP contribution in [-0.2, 0) is 4.79 Å². The van der Waals surface area contributed by atoms with Gasteiger partial charge in [-0.2, -0.15) is 0 Å². The van der Waals surface area contributed by atoms with Gasteiger partial charge in [0.25, 0.3) is 5.91 Å². The van der Waals surface area contributed by atoms with Gasteiger partial charge in [0.2, 0.25) is 0 Å². The van der Waals surface area contributed by atoms with Gasteiger partial charge in [0.05, 0.1) is 23.7 Å². The molecule has 1 aliphatic rings. The molecule has 1 atom stereocenters. The van der Waals surface area contributed by atoms with Gasteiger partial charge in [-0.1, -0.05) is 24.3 Å². The van der Waals surface area contributed by atoms with E-state index in [-0.39, 0.29) is 5.91 Å². The van der Waals surface area contributed by atoms with Gasteiger partial charge in [0.15, 0.2) is 6.10 Å². The zero-order chi connectivity index (χ0) is 25.1. The molecule has 1 aliphatic heterocycles. The Morgan fingerprint density at radius 3 is 2.69 bits per heavy atom. The predicted molar refractivity (Wildman–Crippen MR) is 144 cm³/mol. The summed E-state index contributed by atoms with van der Waals surface area (Å²) in [5.74, 6) is 1.61. The number of carbonyl (C=O) groups excluding carboxylic acids is 1. The Kier molecular flexibility index (Phi) is 7.00. The SMILES string of the molecule is Cc1ccccc1OCCCCN1C(=O)C(C)Oc2ccc(-c3nc(-c4ccccn4)sc3C)cc21. The smallest absolute Gasteiger partial charge is 0.267 e. The molecule has 0 N–H and O–H groups in total. The summed E-state index contributed by atoms with van der Waals surface area (Å²) in [5.41, 5.74) is 4.64. The largest absolute Gasteiger partial charge is 0.493 e. The molecule has 4 aromatic rings. The van der Waals surface area contributed by atoms with E-state index in [9.17, 15) is 4.79 Å². The van der Waals surface area contributed by atoms with Crippen LogP contribution >= 0.6 is 11.3 Å². The fourth-order valence-electron chi connectivity index (χ4n) is 4.32. The third kappa shape index (κ3) is 4.97. The first-order valence-electron chi connectivity index (χ1n) is 12.2. The van der Waals surface area contributed by atoms with Crippen LogP contribution in [0, 0.1) is 13.8 Å². The van der Waals surface area contributed by atoms with Crippen LogP contribution in [0.3, 0.4) is 0 Å². The standard InChI is InChI=1S/C29H29N3O3S/c1-19-10-4-5-12-25(19)34-17-9-8-16-32-24-18-22(13-14-26(24)35-20(2)29(32)33)27-21(3)36-28(31-27)23-11-6-7-15-30-23/h4-7,10-15,18,20H,8-9,16-17H2,1-3H3. The van der Waals surface area contributed by atoms with Gasteiger partial charge in [-0.25, -0.2) is 4.98 Å². The highest BCUT2D eigenvalue weighted by Gasteiger charge is 2.31. The van der Waals surface area contributed by atoms with Gasteiger partial charge in [-0.05, 0) is 75.6 Å². The van der Waals surface area contributed by atoms with Crippen molar-refractivity contribution in [1.29, 1.82) is 0 Å². The minimum atomic E-state index is -0.511. The fourth-order valence-corrected chi connectivity index (χ4v) is 5.23. The Hall–Kier alpha value is -3.71. The zero-order valence-electron chi connectivity index (χ0n) is 20.7. The van der Waals surface area contributed by atoms with Gasteiger partial charge in [0.1, 0.15) is 16.5 Å². The average molecular weight is 500 g/mol. The number of rotatable bonds is 8. The number of benzene rings is 2. The molecule has 0 spiro atoms. The van der Waals surface area contributed by atoms with Crippen molar-refractivity contribution in [2.24, 2.45) is 0 Å². The van der Waals surface area contributed by atoms with E-state index in [2.05, 4.69) is 11.9 Å². The maximum absolute atomic E-state index is 13.1. The molecule has 0 radical (unpaired) electrons. The van der Waals surface area contributed by atoms with Gasteiger partial charge in [-0.3, -0.25) is 9.78 Å². The number of aryl methyl sites for hydroxylation is 2. The number of pyridine rings is 1. The van der Waals surface area contributed by atoms with Crippen molar-refractivity contribution >= 4 is 22.9 Å². The van der Waals surface area contributed by atoms with Crippen molar-refractivity contribution in [2.45, 2.75) is 39.7 Å². The first-order chi connectivity index (χ1) is 17.5. The van der Waals surface area contributed by atoms with Crippen LogP contribution in [0.1, 0.15) is 30.2 Å². The number of nitrogens with zero attached hydrogens (tertiary/aromatic N) is 3. The molecule has 1 unspecified atom stereocenters. The number of hydrogen-bond donors (Lipinski definition) is 0.